The first kappa shape index (κ1) is 12.7. The van der Waals surface area contributed by atoms with Crippen LogP contribution < -0.4 is 5.32 Å². The molecule has 1 unspecified atom stereocenters. The third-order valence-corrected chi connectivity index (χ3v) is 4.80. The van der Waals surface area contributed by atoms with Crippen LogP contribution >= 0.6 is 15.9 Å². The van der Waals surface area contributed by atoms with E-state index in [4.69, 9.17) is 0 Å². The SMILES string of the molecule is Cc1ccc(NC2CCc3c(Br)cccc32)cc1C. The van der Waals surface area contributed by atoms with E-state index in [1.165, 1.54) is 38.8 Å². The smallest absolute Gasteiger partial charge is 0.0520 e. The Bertz CT molecular complexity index is 619. The lowest BCUT2D eigenvalue weighted by Gasteiger charge is -2.16. The summed E-state index contributed by atoms with van der Waals surface area (Å²) in [6.07, 6.45) is 2.32. The molecule has 0 saturated heterocycles. The van der Waals surface area contributed by atoms with Crippen molar-refractivity contribution in [1.82, 2.24) is 0 Å². The summed E-state index contributed by atoms with van der Waals surface area (Å²) in [6, 6.07) is 13.6. The van der Waals surface area contributed by atoms with Crippen LogP contribution in [0.15, 0.2) is 40.9 Å². The quantitative estimate of drug-likeness (QED) is 0.806. The van der Waals surface area contributed by atoms with Crippen LogP contribution in [0, 0.1) is 13.8 Å². The minimum absolute atomic E-state index is 0.439. The van der Waals surface area contributed by atoms with Gasteiger partial charge < -0.3 is 5.32 Å². The topological polar surface area (TPSA) is 12.0 Å². The van der Waals surface area contributed by atoms with E-state index in [2.05, 4.69) is 71.5 Å². The average Bonchev–Trinajstić information content (AvgIpc) is 2.79. The fraction of sp³-hybridized carbons (Fsp3) is 0.294. The summed E-state index contributed by atoms with van der Waals surface area (Å²) in [5, 5.41) is 3.67. The van der Waals surface area contributed by atoms with Crippen LogP contribution in [0.5, 0.6) is 0 Å². The molecule has 1 N–H and O–H groups in total. The summed E-state index contributed by atoms with van der Waals surface area (Å²) >= 11 is 3.65. The van der Waals surface area contributed by atoms with Gasteiger partial charge in [0, 0.05) is 10.2 Å². The summed E-state index contributed by atoms with van der Waals surface area (Å²) in [6.45, 7) is 4.32. The third-order valence-electron chi connectivity index (χ3n) is 4.06. The van der Waals surface area contributed by atoms with Crippen molar-refractivity contribution in [2.45, 2.75) is 32.7 Å². The average molecular weight is 316 g/mol. The van der Waals surface area contributed by atoms with Gasteiger partial charge in [0.05, 0.1) is 6.04 Å². The van der Waals surface area contributed by atoms with Crippen LogP contribution in [0.4, 0.5) is 5.69 Å². The maximum atomic E-state index is 3.67. The fourth-order valence-corrected chi connectivity index (χ4v) is 3.37. The molecule has 0 saturated carbocycles. The van der Waals surface area contributed by atoms with Gasteiger partial charge in [-0.25, -0.2) is 0 Å². The van der Waals surface area contributed by atoms with E-state index in [-0.39, 0.29) is 0 Å². The Hall–Kier alpha value is -1.28. The second-order valence-electron chi connectivity index (χ2n) is 5.34. The van der Waals surface area contributed by atoms with Crippen molar-refractivity contribution in [3.05, 3.63) is 63.1 Å². The third kappa shape index (κ3) is 2.42. The predicted molar refractivity (Wildman–Crippen MR) is 84.7 cm³/mol. The molecule has 0 heterocycles. The summed E-state index contributed by atoms with van der Waals surface area (Å²) < 4.78 is 1.24. The second kappa shape index (κ2) is 5.01. The van der Waals surface area contributed by atoms with E-state index in [0.717, 1.165) is 6.42 Å². The Morgan fingerprint density at radius 1 is 1.11 bits per heavy atom. The molecule has 3 rings (SSSR count). The standard InChI is InChI=1S/C17H18BrN/c1-11-6-7-13(10-12(11)2)19-17-9-8-14-15(17)4-3-5-16(14)18/h3-7,10,17,19H,8-9H2,1-2H3. The normalized spacial score (nSPS) is 17.3. The maximum Gasteiger partial charge on any atom is 0.0520 e. The number of anilines is 1. The Morgan fingerprint density at radius 2 is 1.95 bits per heavy atom. The summed E-state index contributed by atoms with van der Waals surface area (Å²) in [5.41, 5.74) is 6.81. The Kier molecular flexibility index (Phi) is 3.36. The maximum absolute atomic E-state index is 3.67. The van der Waals surface area contributed by atoms with Crippen molar-refractivity contribution in [3.63, 3.8) is 0 Å². The monoisotopic (exact) mass is 315 g/mol. The highest BCUT2D eigenvalue weighted by Gasteiger charge is 2.23. The van der Waals surface area contributed by atoms with E-state index in [1.54, 1.807) is 0 Å². The van der Waals surface area contributed by atoms with Gasteiger partial charge in [-0.15, -0.1) is 0 Å². The van der Waals surface area contributed by atoms with Crippen molar-refractivity contribution < 1.29 is 0 Å². The molecule has 0 bridgehead atoms. The lowest BCUT2D eigenvalue weighted by molar-refractivity contribution is 0.762. The van der Waals surface area contributed by atoms with Crippen molar-refractivity contribution in [1.29, 1.82) is 0 Å². The molecule has 2 aromatic carbocycles. The molecule has 1 aliphatic rings. The van der Waals surface area contributed by atoms with Gasteiger partial charge in [-0.1, -0.05) is 34.1 Å². The number of hydrogen-bond donors (Lipinski definition) is 1. The van der Waals surface area contributed by atoms with Gasteiger partial charge in [-0.05, 0) is 67.1 Å². The van der Waals surface area contributed by atoms with Crippen LogP contribution in [-0.2, 0) is 6.42 Å². The molecule has 0 radical (unpaired) electrons. The molecule has 98 valence electrons. The molecular formula is C17H18BrN. The number of fused-ring (bicyclic) bond motifs is 1. The number of aryl methyl sites for hydroxylation is 2. The van der Waals surface area contributed by atoms with Crippen LogP contribution in [0.2, 0.25) is 0 Å². The summed E-state index contributed by atoms with van der Waals surface area (Å²) in [4.78, 5) is 0. The number of halogens is 1. The number of benzene rings is 2. The van der Waals surface area contributed by atoms with Crippen molar-refractivity contribution in [2.24, 2.45) is 0 Å². The Balaban J connectivity index is 1.86. The predicted octanol–water partition coefficient (Wildman–Crippen LogP) is 5.17. The van der Waals surface area contributed by atoms with Gasteiger partial charge in [0.1, 0.15) is 0 Å². The summed E-state index contributed by atoms with van der Waals surface area (Å²) in [7, 11) is 0. The molecule has 0 fully saturated rings. The molecule has 1 atom stereocenters. The molecule has 19 heavy (non-hydrogen) atoms. The van der Waals surface area contributed by atoms with Gasteiger partial charge in [-0.2, -0.15) is 0 Å². The lowest BCUT2D eigenvalue weighted by Crippen LogP contribution is -2.07. The number of rotatable bonds is 2. The van der Waals surface area contributed by atoms with Crippen LogP contribution in [0.25, 0.3) is 0 Å². The Morgan fingerprint density at radius 3 is 2.74 bits per heavy atom. The van der Waals surface area contributed by atoms with Gasteiger partial charge in [0.25, 0.3) is 0 Å². The van der Waals surface area contributed by atoms with Gasteiger partial charge in [0.2, 0.25) is 0 Å². The van der Waals surface area contributed by atoms with Crippen LogP contribution in [0.3, 0.4) is 0 Å². The lowest BCUT2D eigenvalue weighted by atomic mass is 10.1. The van der Waals surface area contributed by atoms with Crippen molar-refractivity contribution >= 4 is 21.6 Å². The van der Waals surface area contributed by atoms with Gasteiger partial charge in [0.15, 0.2) is 0 Å². The molecule has 0 aromatic heterocycles. The fourth-order valence-electron chi connectivity index (χ4n) is 2.79. The molecule has 0 spiro atoms. The molecule has 0 amide bonds. The molecular weight excluding hydrogens is 298 g/mol. The molecule has 0 aliphatic heterocycles. The van der Waals surface area contributed by atoms with E-state index < -0.39 is 0 Å². The Labute approximate surface area is 123 Å². The minimum Gasteiger partial charge on any atom is -0.378 e. The molecule has 1 aliphatic carbocycles. The van der Waals surface area contributed by atoms with Gasteiger partial charge in [-0.3, -0.25) is 0 Å². The first-order valence-corrected chi connectivity index (χ1v) is 7.55. The minimum atomic E-state index is 0.439. The van der Waals surface area contributed by atoms with Crippen LogP contribution in [0.1, 0.15) is 34.7 Å². The zero-order valence-electron chi connectivity index (χ0n) is 11.3. The van der Waals surface area contributed by atoms with E-state index in [0.29, 0.717) is 6.04 Å². The van der Waals surface area contributed by atoms with Crippen molar-refractivity contribution in [3.8, 4) is 0 Å². The van der Waals surface area contributed by atoms with Gasteiger partial charge >= 0.3 is 0 Å². The van der Waals surface area contributed by atoms with Crippen molar-refractivity contribution in [2.75, 3.05) is 5.32 Å². The summed E-state index contributed by atoms with van der Waals surface area (Å²) in [5.74, 6) is 0. The number of hydrogen-bond acceptors (Lipinski definition) is 1. The highest BCUT2D eigenvalue weighted by atomic mass is 79.9. The molecule has 1 nitrogen and oxygen atoms in total. The first-order valence-electron chi connectivity index (χ1n) is 6.76. The number of nitrogens with one attached hydrogen (secondary N) is 1. The first-order chi connectivity index (χ1) is 9.15. The highest BCUT2D eigenvalue weighted by molar-refractivity contribution is 9.10. The van der Waals surface area contributed by atoms with E-state index in [1.807, 2.05) is 0 Å². The van der Waals surface area contributed by atoms with Crippen LogP contribution in [-0.4, -0.2) is 0 Å². The molecule has 2 heteroatoms. The second-order valence-corrected chi connectivity index (χ2v) is 6.20. The zero-order chi connectivity index (χ0) is 13.4. The highest BCUT2D eigenvalue weighted by Crippen LogP contribution is 2.37. The van der Waals surface area contributed by atoms with E-state index in [9.17, 15) is 0 Å². The van der Waals surface area contributed by atoms with E-state index >= 15 is 0 Å². The zero-order valence-corrected chi connectivity index (χ0v) is 12.9. The largest absolute Gasteiger partial charge is 0.378 e. The molecule has 2 aromatic rings.